The number of fused-ring (bicyclic) bond motifs is 4. The molecule has 0 spiro atoms. The Balaban J connectivity index is 1.08. The van der Waals surface area contributed by atoms with E-state index in [1.54, 1.807) is 0 Å². The number of hydrogen-bond acceptors (Lipinski definition) is 1. The monoisotopic (exact) mass is 768 g/mol. The highest BCUT2D eigenvalue weighted by Crippen LogP contribution is 2.45. The highest BCUT2D eigenvalue weighted by Gasteiger charge is 2.26. The first-order valence-corrected chi connectivity index (χ1v) is 21.2. The summed E-state index contributed by atoms with van der Waals surface area (Å²) in [7, 11) is 0. The minimum absolute atomic E-state index is 0.153. The maximum Gasteiger partial charge on any atom is 0.0619 e. The van der Waals surface area contributed by atoms with Gasteiger partial charge in [-0.15, -0.1) is 0 Å². The summed E-state index contributed by atoms with van der Waals surface area (Å²) < 4.78 is 2.48. The van der Waals surface area contributed by atoms with Gasteiger partial charge in [-0.3, -0.25) is 0 Å². The van der Waals surface area contributed by atoms with E-state index >= 15 is 0 Å². The van der Waals surface area contributed by atoms with Crippen LogP contribution in [0.2, 0.25) is 0 Å². The van der Waals surface area contributed by atoms with Crippen LogP contribution in [0, 0.1) is 0 Å². The molecule has 2 aliphatic carbocycles. The zero-order chi connectivity index (χ0) is 39.8. The molecule has 0 saturated heterocycles. The summed E-state index contributed by atoms with van der Waals surface area (Å²) in [6, 6.07) is 73.2. The quantitative estimate of drug-likeness (QED) is 0.149. The first-order chi connectivity index (χ1) is 29.8. The molecule has 60 heavy (non-hydrogen) atoms. The fraction of sp³-hybridized carbons (Fsp3) is 0.0690. The van der Waals surface area contributed by atoms with E-state index in [9.17, 15) is 0 Å². The standard InChI is InChI=1S/C58H44N2/c1-4-18-42(19-5-1)51-29-12-13-34-55(51)59(47-38-36-44(37-39-47)50-30-15-23-41-22-10-11-28-49(41)50)48-27-14-24-45(40-48)52-31-17-35-56-57(52)54-33-16-32-53(43-20-6-2-7-21-43)58(54)60(56)46-25-8-3-9-26-46/h1-23,25-29,31-40,45,50H,24,30H2. The molecule has 1 aromatic heterocycles. The fourth-order valence-electron chi connectivity index (χ4n) is 9.75. The van der Waals surface area contributed by atoms with Gasteiger partial charge in [0.2, 0.25) is 0 Å². The van der Waals surface area contributed by atoms with Crippen molar-refractivity contribution in [1.29, 1.82) is 0 Å². The van der Waals surface area contributed by atoms with E-state index in [1.807, 2.05) is 0 Å². The van der Waals surface area contributed by atoms with Crippen LogP contribution >= 0.6 is 0 Å². The Bertz CT molecular complexity index is 3080. The van der Waals surface area contributed by atoms with Crippen molar-refractivity contribution in [2.24, 2.45) is 0 Å². The number of rotatable bonds is 8. The summed E-state index contributed by atoms with van der Waals surface area (Å²) in [6.45, 7) is 0. The van der Waals surface area contributed by atoms with E-state index in [1.165, 1.54) is 72.0 Å². The van der Waals surface area contributed by atoms with E-state index in [4.69, 9.17) is 0 Å². The molecule has 2 aliphatic rings. The van der Waals surface area contributed by atoms with E-state index < -0.39 is 0 Å². The first kappa shape index (κ1) is 35.7. The highest BCUT2D eigenvalue weighted by molar-refractivity contribution is 6.15. The third-order valence-corrected chi connectivity index (χ3v) is 12.5. The molecule has 2 nitrogen and oxygen atoms in total. The highest BCUT2D eigenvalue weighted by atomic mass is 15.1. The molecule has 286 valence electrons. The molecule has 0 amide bonds. The maximum atomic E-state index is 2.51. The fourth-order valence-corrected chi connectivity index (χ4v) is 9.75. The Morgan fingerprint density at radius 1 is 0.483 bits per heavy atom. The summed E-state index contributed by atoms with van der Waals surface area (Å²) in [5.74, 6) is 0.490. The van der Waals surface area contributed by atoms with Crippen LogP contribution in [0.5, 0.6) is 0 Å². The van der Waals surface area contributed by atoms with Crippen LogP contribution < -0.4 is 4.90 Å². The number of benzene rings is 8. The third kappa shape index (κ3) is 6.29. The van der Waals surface area contributed by atoms with Gasteiger partial charge in [0.25, 0.3) is 0 Å². The van der Waals surface area contributed by atoms with Crippen LogP contribution in [0.25, 0.3) is 55.8 Å². The molecule has 2 atom stereocenters. The average Bonchev–Trinajstić information content (AvgIpc) is 3.68. The van der Waals surface area contributed by atoms with E-state index in [0.717, 1.165) is 29.9 Å². The Labute approximate surface area is 352 Å². The molecule has 0 saturated carbocycles. The van der Waals surface area contributed by atoms with Crippen molar-refractivity contribution in [2.75, 3.05) is 4.90 Å². The molecule has 2 heteroatoms. The second-order valence-corrected chi connectivity index (χ2v) is 15.9. The van der Waals surface area contributed by atoms with E-state index in [-0.39, 0.29) is 5.92 Å². The van der Waals surface area contributed by atoms with Gasteiger partial charge in [0.1, 0.15) is 0 Å². The van der Waals surface area contributed by atoms with Crippen LogP contribution in [0.4, 0.5) is 11.4 Å². The van der Waals surface area contributed by atoms with Crippen molar-refractivity contribution < 1.29 is 0 Å². The van der Waals surface area contributed by atoms with Crippen LogP contribution in [-0.4, -0.2) is 4.57 Å². The van der Waals surface area contributed by atoms with Gasteiger partial charge in [-0.1, -0.05) is 188 Å². The van der Waals surface area contributed by atoms with E-state index in [2.05, 4.69) is 240 Å². The van der Waals surface area contributed by atoms with Gasteiger partial charge >= 0.3 is 0 Å². The van der Waals surface area contributed by atoms with Crippen molar-refractivity contribution in [1.82, 2.24) is 4.57 Å². The molecular formula is C58H44N2. The SMILES string of the molecule is C1=CC(N(c2ccc(C3CC=Cc4ccccc43)cc2)c2ccccc2-c2ccccc2)=CC(c2cccc3c2c2cccc(-c4ccccc4)c2n3-c2ccccc2)C1. The molecule has 0 N–H and O–H groups in total. The summed E-state index contributed by atoms with van der Waals surface area (Å²) in [5.41, 5.74) is 17.4. The molecule has 0 aliphatic heterocycles. The normalized spacial score (nSPS) is 15.8. The van der Waals surface area contributed by atoms with Crippen LogP contribution in [0.1, 0.15) is 46.9 Å². The minimum Gasteiger partial charge on any atom is -0.310 e. The van der Waals surface area contributed by atoms with Crippen LogP contribution in [0.15, 0.2) is 230 Å². The van der Waals surface area contributed by atoms with Gasteiger partial charge in [-0.05, 0) is 88.7 Å². The van der Waals surface area contributed by atoms with Crippen LogP contribution in [0.3, 0.4) is 0 Å². The Morgan fingerprint density at radius 2 is 1.12 bits per heavy atom. The molecular weight excluding hydrogens is 725 g/mol. The van der Waals surface area contributed by atoms with Gasteiger partial charge in [0.15, 0.2) is 0 Å². The molecule has 0 fully saturated rings. The summed E-state index contributed by atoms with van der Waals surface area (Å²) in [5, 5.41) is 2.59. The molecule has 1 heterocycles. The van der Waals surface area contributed by atoms with Crippen molar-refractivity contribution in [3.63, 3.8) is 0 Å². The maximum absolute atomic E-state index is 2.51. The minimum atomic E-state index is 0.153. The number of aromatic nitrogens is 1. The second-order valence-electron chi connectivity index (χ2n) is 15.9. The van der Waals surface area contributed by atoms with Gasteiger partial charge < -0.3 is 9.47 Å². The number of allylic oxidation sites excluding steroid dienone is 4. The van der Waals surface area contributed by atoms with Gasteiger partial charge in [-0.2, -0.15) is 0 Å². The lowest BCUT2D eigenvalue weighted by Gasteiger charge is -2.32. The zero-order valence-corrected chi connectivity index (χ0v) is 33.4. The van der Waals surface area contributed by atoms with E-state index in [0.29, 0.717) is 5.92 Å². The first-order valence-electron chi connectivity index (χ1n) is 21.2. The third-order valence-electron chi connectivity index (χ3n) is 12.5. The molecule has 9 aromatic rings. The number of para-hydroxylation sites is 3. The lowest BCUT2D eigenvalue weighted by Crippen LogP contribution is -2.19. The molecule has 0 bridgehead atoms. The largest absolute Gasteiger partial charge is 0.310 e. The van der Waals surface area contributed by atoms with Crippen molar-refractivity contribution >= 4 is 39.3 Å². The number of hydrogen-bond donors (Lipinski definition) is 0. The predicted molar refractivity (Wildman–Crippen MR) is 253 cm³/mol. The number of nitrogens with zero attached hydrogens (tertiary/aromatic N) is 2. The Hall–Kier alpha value is -7.42. The summed E-state index contributed by atoms with van der Waals surface area (Å²) >= 11 is 0. The smallest absolute Gasteiger partial charge is 0.0619 e. The molecule has 11 rings (SSSR count). The lowest BCUT2D eigenvalue weighted by atomic mass is 9.82. The predicted octanol–water partition coefficient (Wildman–Crippen LogP) is 15.4. The zero-order valence-electron chi connectivity index (χ0n) is 33.4. The van der Waals surface area contributed by atoms with Gasteiger partial charge in [-0.25, -0.2) is 0 Å². The Kier molecular flexibility index (Phi) is 9.17. The molecule has 8 aromatic carbocycles. The van der Waals surface area contributed by atoms with Gasteiger partial charge in [0, 0.05) is 50.8 Å². The van der Waals surface area contributed by atoms with Gasteiger partial charge in [0.05, 0.1) is 16.7 Å². The summed E-state index contributed by atoms with van der Waals surface area (Å²) in [6.07, 6.45) is 13.7. The molecule has 2 unspecified atom stereocenters. The van der Waals surface area contributed by atoms with Crippen molar-refractivity contribution in [3.05, 3.63) is 252 Å². The average molecular weight is 769 g/mol. The lowest BCUT2D eigenvalue weighted by molar-refractivity contribution is 0.819. The second kappa shape index (κ2) is 15.4. The Morgan fingerprint density at radius 3 is 1.92 bits per heavy atom. The van der Waals surface area contributed by atoms with Crippen molar-refractivity contribution in [3.8, 4) is 27.9 Å². The summed E-state index contributed by atoms with van der Waals surface area (Å²) in [4.78, 5) is 2.48. The number of anilines is 2. The molecule has 0 radical (unpaired) electrons. The van der Waals surface area contributed by atoms with Crippen LogP contribution in [-0.2, 0) is 0 Å². The van der Waals surface area contributed by atoms with Crippen molar-refractivity contribution in [2.45, 2.75) is 24.7 Å². The topological polar surface area (TPSA) is 8.17 Å².